The number of carbonyl (C=O) groups is 1. The zero-order chi connectivity index (χ0) is 15.8. The maximum atomic E-state index is 12.3. The third-order valence-electron chi connectivity index (χ3n) is 3.34. The van der Waals surface area contributed by atoms with E-state index in [1.165, 1.54) is 21.3 Å². The average molecular weight is 310 g/mol. The van der Waals surface area contributed by atoms with Crippen LogP contribution in [-0.2, 0) is 6.54 Å². The zero-order valence-electron chi connectivity index (χ0n) is 11.7. The van der Waals surface area contributed by atoms with Crippen LogP contribution in [0.1, 0.15) is 16.3 Å². The van der Waals surface area contributed by atoms with Crippen molar-refractivity contribution < 1.29 is 4.79 Å². The number of nitrogens with zero attached hydrogens (tertiary/aromatic N) is 6. The Balaban J connectivity index is 1.61. The second kappa shape index (κ2) is 5.02. The molecule has 0 radical (unpaired) electrons. The molecule has 0 aliphatic rings. The Kier molecular flexibility index (Phi) is 2.86. The summed E-state index contributed by atoms with van der Waals surface area (Å²) in [6.07, 6.45) is 6.21. The molecule has 0 atom stereocenters. The predicted molar refractivity (Wildman–Crippen MR) is 77.8 cm³/mol. The maximum Gasteiger partial charge on any atom is 0.293 e. The van der Waals surface area contributed by atoms with Crippen LogP contribution in [0.2, 0.25) is 0 Å². The molecule has 10 heteroatoms. The van der Waals surface area contributed by atoms with Gasteiger partial charge in [0.05, 0.1) is 12.7 Å². The zero-order valence-corrected chi connectivity index (χ0v) is 11.7. The number of aromatic amines is 1. The molecule has 0 spiro atoms. The van der Waals surface area contributed by atoms with Crippen molar-refractivity contribution >= 4 is 17.2 Å². The molecule has 0 fully saturated rings. The summed E-state index contributed by atoms with van der Waals surface area (Å²) < 4.78 is 2.97. The molecule has 4 rings (SSSR count). The number of aromatic nitrogens is 7. The fourth-order valence-electron chi connectivity index (χ4n) is 2.26. The van der Waals surface area contributed by atoms with Gasteiger partial charge >= 0.3 is 0 Å². The van der Waals surface area contributed by atoms with Gasteiger partial charge in [0.15, 0.2) is 11.5 Å². The van der Waals surface area contributed by atoms with E-state index < -0.39 is 0 Å². The number of fused-ring (bicyclic) bond motifs is 2. The highest BCUT2D eigenvalue weighted by molar-refractivity contribution is 5.92. The summed E-state index contributed by atoms with van der Waals surface area (Å²) in [7, 11) is 0. The van der Waals surface area contributed by atoms with Crippen molar-refractivity contribution in [3.8, 4) is 0 Å². The number of hydrogen-bond acceptors (Lipinski definition) is 6. The SMILES string of the molecule is O=C(NCc1nnc2c(=O)[nH]ccn12)c1ccnc2ccnn12. The number of hydrogen-bond donors (Lipinski definition) is 2. The molecule has 23 heavy (non-hydrogen) atoms. The summed E-state index contributed by atoms with van der Waals surface area (Å²) in [5.74, 6) is 0.118. The van der Waals surface area contributed by atoms with E-state index in [1.807, 2.05) is 0 Å². The quantitative estimate of drug-likeness (QED) is 0.520. The molecule has 0 saturated heterocycles. The van der Waals surface area contributed by atoms with E-state index in [2.05, 4.69) is 30.6 Å². The first-order chi connectivity index (χ1) is 11.2. The standard InChI is InChI=1S/C13H10N8O2/c22-12(8-1-3-14-9-2-4-17-21(8)9)16-7-10-18-19-11-13(23)15-5-6-20(10)11/h1-6H,7H2,(H,15,23)(H,16,22). The summed E-state index contributed by atoms with van der Waals surface area (Å²) in [5, 5.41) is 14.5. The van der Waals surface area contributed by atoms with Gasteiger partial charge in [-0.15, -0.1) is 10.2 Å². The van der Waals surface area contributed by atoms with E-state index in [0.29, 0.717) is 17.2 Å². The molecule has 114 valence electrons. The molecule has 0 aliphatic carbocycles. The lowest BCUT2D eigenvalue weighted by atomic mass is 10.3. The molecular weight excluding hydrogens is 300 g/mol. The second-order valence-corrected chi connectivity index (χ2v) is 4.71. The Bertz CT molecular complexity index is 1080. The van der Waals surface area contributed by atoms with Gasteiger partial charge in [-0.05, 0) is 6.07 Å². The highest BCUT2D eigenvalue weighted by Gasteiger charge is 2.13. The van der Waals surface area contributed by atoms with Gasteiger partial charge in [-0.1, -0.05) is 0 Å². The second-order valence-electron chi connectivity index (χ2n) is 4.71. The fourth-order valence-corrected chi connectivity index (χ4v) is 2.26. The van der Waals surface area contributed by atoms with Crippen LogP contribution in [0, 0.1) is 0 Å². The van der Waals surface area contributed by atoms with Crippen molar-refractivity contribution in [2.75, 3.05) is 0 Å². The molecule has 4 heterocycles. The number of amides is 1. The van der Waals surface area contributed by atoms with Crippen molar-refractivity contribution in [3.05, 3.63) is 58.8 Å². The first-order valence-electron chi connectivity index (χ1n) is 6.72. The van der Waals surface area contributed by atoms with Crippen LogP contribution >= 0.6 is 0 Å². The summed E-state index contributed by atoms with van der Waals surface area (Å²) >= 11 is 0. The molecule has 1 amide bonds. The van der Waals surface area contributed by atoms with Gasteiger partial charge in [-0.2, -0.15) is 5.10 Å². The van der Waals surface area contributed by atoms with E-state index in [0.717, 1.165) is 0 Å². The van der Waals surface area contributed by atoms with Gasteiger partial charge in [-0.25, -0.2) is 9.50 Å². The minimum atomic E-state index is -0.343. The Morgan fingerprint density at radius 3 is 3.09 bits per heavy atom. The van der Waals surface area contributed by atoms with Crippen LogP contribution < -0.4 is 10.9 Å². The number of H-pyrrole nitrogens is 1. The lowest BCUT2D eigenvalue weighted by Crippen LogP contribution is -2.26. The first kappa shape index (κ1) is 13.1. The van der Waals surface area contributed by atoms with E-state index in [9.17, 15) is 9.59 Å². The summed E-state index contributed by atoms with van der Waals surface area (Å²) in [6, 6.07) is 3.27. The predicted octanol–water partition coefficient (Wildman–Crippen LogP) is -0.610. The summed E-state index contributed by atoms with van der Waals surface area (Å²) in [6.45, 7) is 0.120. The normalized spacial score (nSPS) is 11.1. The van der Waals surface area contributed by atoms with E-state index in [4.69, 9.17) is 0 Å². The molecule has 4 aromatic heterocycles. The minimum Gasteiger partial charge on any atom is -0.343 e. The van der Waals surface area contributed by atoms with Gasteiger partial charge in [0.25, 0.3) is 11.5 Å². The van der Waals surface area contributed by atoms with Crippen LogP contribution in [0.4, 0.5) is 0 Å². The van der Waals surface area contributed by atoms with Gasteiger partial charge in [-0.3, -0.25) is 14.0 Å². The van der Waals surface area contributed by atoms with Crippen LogP contribution in [0.25, 0.3) is 11.3 Å². The number of rotatable bonds is 3. The molecule has 2 N–H and O–H groups in total. The van der Waals surface area contributed by atoms with Crippen molar-refractivity contribution in [2.45, 2.75) is 6.54 Å². The summed E-state index contributed by atoms with van der Waals surface area (Å²) in [5.41, 5.74) is 0.767. The van der Waals surface area contributed by atoms with Crippen molar-refractivity contribution in [3.63, 3.8) is 0 Å². The molecule has 10 nitrogen and oxygen atoms in total. The van der Waals surface area contributed by atoms with Gasteiger partial charge in [0.2, 0.25) is 5.65 Å². The largest absolute Gasteiger partial charge is 0.343 e. The first-order valence-corrected chi connectivity index (χ1v) is 6.72. The van der Waals surface area contributed by atoms with Crippen molar-refractivity contribution in [2.24, 2.45) is 0 Å². The Morgan fingerprint density at radius 2 is 2.17 bits per heavy atom. The monoisotopic (exact) mass is 310 g/mol. The van der Waals surface area contributed by atoms with E-state index in [-0.39, 0.29) is 23.7 Å². The lowest BCUT2D eigenvalue weighted by Gasteiger charge is -2.05. The van der Waals surface area contributed by atoms with Gasteiger partial charge in [0.1, 0.15) is 5.69 Å². The average Bonchev–Trinajstić information content (AvgIpc) is 3.19. The molecule has 0 saturated carbocycles. The Hall–Kier alpha value is -3.56. The summed E-state index contributed by atoms with van der Waals surface area (Å²) in [4.78, 5) is 30.5. The smallest absolute Gasteiger partial charge is 0.293 e. The molecule has 0 aromatic carbocycles. The topological polar surface area (TPSA) is 122 Å². The number of nitrogens with one attached hydrogen (secondary N) is 2. The van der Waals surface area contributed by atoms with Gasteiger partial charge in [0, 0.05) is 24.7 Å². The van der Waals surface area contributed by atoms with Crippen LogP contribution in [0.5, 0.6) is 0 Å². The highest BCUT2D eigenvalue weighted by atomic mass is 16.2. The lowest BCUT2D eigenvalue weighted by molar-refractivity contribution is 0.0942. The Labute approximate surface area is 127 Å². The minimum absolute atomic E-state index is 0.120. The van der Waals surface area contributed by atoms with E-state index in [1.54, 1.807) is 24.5 Å². The third kappa shape index (κ3) is 2.12. The van der Waals surface area contributed by atoms with Crippen LogP contribution in [-0.4, -0.2) is 40.1 Å². The molecule has 0 unspecified atom stereocenters. The molecule has 0 aliphatic heterocycles. The van der Waals surface area contributed by atoms with E-state index >= 15 is 0 Å². The fraction of sp³-hybridized carbons (Fsp3) is 0.0769. The van der Waals surface area contributed by atoms with Crippen LogP contribution in [0.15, 0.2) is 41.7 Å². The van der Waals surface area contributed by atoms with Crippen LogP contribution in [0.3, 0.4) is 0 Å². The highest BCUT2D eigenvalue weighted by Crippen LogP contribution is 2.04. The molecule has 4 aromatic rings. The van der Waals surface area contributed by atoms with Gasteiger partial charge < -0.3 is 10.3 Å². The maximum absolute atomic E-state index is 12.3. The third-order valence-corrected chi connectivity index (χ3v) is 3.34. The molecular formula is C13H10N8O2. The molecule has 0 bridgehead atoms. The Morgan fingerprint density at radius 1 is 1.26 bits per heavy atom. The van der Waals surface area contributed by atoms with Crippen molar-refractivity contribution in [1.82, 2.24) is 39.5 Å². The van der Waals surface area contributed by atoms with Crippen molar-refractivity contribution in [1.29, 1.82) is 0 Å². The number of carbonyl (C=O) groups excluding carboxylic acids is 1.